The van der Waals surface area contributed by atoms with Gasteiger partial charge in [0, 0.05) is 23.5 Å². The monoisotopic (exact) mass is 428 g/mol. The van der Waals surface area contributed by atoms with Gasteiger partial charge in [-0.15, -0.1) is 0 Å². The minimum atomic E-state index is 0.333. The van der Waals surface area contributed by atoms with Gasteiger partial charge < -0.3 is 10.1 Å². The summed E-state index contributed by atoms with van der Waals surface area (Å²) in [6.07, 6.45) is 4.23. The van der Waals surface area contributed by atoms with Crippen LogP contribution >= 0.6 is 11.6 Å². The number of rotatable bonds is 6. The van der Waals surface area contributed by atoms with Gasteiger partial charge >= 0.3 is 0 Å². The number of fused-ring (bicyclic) bond motifs is 1. The maximum Gasteiger partial charge on any atom is 0.138 e. The molecule has 0 atom stereocenters. The molecule has 4 rings (SSSR count). The van der Waals surface area contributed by atoms with Crippen LogP contribution in [0.15, 0.2) is 60.9 Å². The Morgan fingerprint density at radius 3 is 2.71 bits per heavy atom. The number of hydrogen-bond donors (Lipinski definition) is 1. The number of pyridine rings is 2. The number of nitrogens with one attached hydrogen (secondary N) is 1. The van der Waals surface area contributed by atoms with E-state index in [1.807, 2.05) is 30.3 Å². The molecule has 4 aromatic rings. The van der Waals surface area contributed by atoms with Gasteiger partial charge in [-0.3, -0.25) is 9.97 Å². The van der Waals surface area contributed by atoms with Crippen molar-refractivity contribution < 1.29 is 4.74 Å². The molecule has 0 amide bonds. The summed E-state index contributed by atoms with van der Waals surface area (Å²) in [5, 5.41) is 14.4. The fraction of sp³-hybridized carbons (Fsp3) is 0.160. The third-order valence-electron chi connectivity index (χ3n) is 5.13. The molecule has 154 valence electrons. The molecule has 2 aromatic heterocycles. The predicted molar refractivity (Wildman–Crippen MR) is 124 cm³/mol. The first-order valence-corrected chi connectivity index (χ1v) is 10.4. The molecule has 0 aliphatic heterocycles. The second-order valence-electron chi connectivity index (χ2n) is 7.19. The SMILES string of the molecule is CCc1cc2c(Nc3ccc(OCc4ccccn4)c(Cl)c3)c(C#N)cnc2cc1C. The Labute approximate surface area is 186 Å². The maximum absolute atomic E-state index is 9.63. The van der Waals surface area contributed by atoms with E-state index in [9.17, 15) is 5.26 Å². The molecular formula is C25H21ClN4O. The van der Waals surface area contributed by atoms with Gasteiger partial charge in [-0.1, -0.05) is 24.6 Å². The summed E-state index contributed by atoms with van der Waals surface area (Å²) in [5.41, 5.74) is 6.05. The molecule has 0 fully saturated rings. The van der Waals surface area contributed by atoms with Crippen LogP contribution < -0.4 is 10.1 Å². The predicted octanol–water partition coefficient (Wildman–Crippen LogP) is 6.35. The smallest absolute Gasteiger partial charge is 0.138 e. The van der Waals surface area contributed by atoms with Gasteiger partial charge in [-0.2, -0.15) is 5.26 Å². The molecule has 0 spiro atoms. The summed E-state index contributed by atoms with van der Waals surface area (Å²) >= 11 is 6.46. The van der Waals surface area contributed by atoms with Gasteiger partial charge in [-0.25, -0.2) is 0 Å². The van der Waals surface area contributed by atoms with Gasteiger partial charge in [0.05, 0.1) is 27.5 Å². The summed E-state index contributed by atoms with van der Waals surface area (Å²) in [6, 6.07) is 17.5. The third-order valence-corrected chi connectivity index (χ3v) is 5.43. The lowest BCUT2D eigenvalue weighted by atomic mass is 10.0. The van der Waals surface area contributed by atoms with Crippen LogP contribution in [0.5, 0.6) is 5.75 Å². The van der Waals surface area contributed by atoms with E-state index in [4.69, 9.17) is 16.3 Å². The number of aryl methyl sites for hydroxylation is 2. The molecule has 0 unspecified atom stereocenters. The van der Waals surface area contributed by atoms with Gasteiger partial charge in [0.15, 0.2) is 0 Å². The first kappa shape index (κ1) is 20.6. The number of benzene rings is 2. The lowest BCUT2D eigenvalue weighted by Gasteiger charge is -2.15. The molecular weight excluding hydrogens is 408 g/mol. The minimum absolute atomic E-state index is 0.333. The number of hydrogen-bond acceptors (Lipinski definition) is 5. The molecule has 0 radical (unpaired) electrons. The molecule has 6 heteroatoms. The molecule has 2 aromatic carbocycles. The van der Waals surface area contributed by atoms with E-state index in [2.05, 4.69) is 47.3 Å². The summed E-state index contributed by atoms with van der Waals surface area (Å²) in [4.78, 5) is 8.71. The zero-order valence-electron chi connectivity index (χ0n) is 17.3. The Morgan fingerprint density at radius 2 is 2.00 bits per heavy atom. The molecule has 0 bridgehead atoms. The average molecular weight is 429 g/mol. The Morgan fingerprint density at radius 1 is 1.13 bits per heavy atom. The van der Waals surface area contributed by atoms with Gasteiger partial charge in [0.1, 0.15) is 18.4 Å². The second-order valence-corrected chi connectivity index (χ2v) is 7.60. The number of halogens is 1. The van der Waals surface area contributed by atoms with Crippen LogP contribution in [-0.2, 0) is 13.0 Å². The standard InChI is InChI=1S/C25H21ClN4O/c1-3-17-11-21-23(10-16(17)2)29-14-18(13-27)25(21)30-19-7-8-24(22(26)12-19)31-15-20-6-4-5-9-28-20/h4-12,14H,3,15H2,1-2H3,(H,29,30). The number of ether oxygens (including phenoxy) is 1. The summed E-state index contributed by atoms with van der Waals surface area (Å²) < 4.78 is 5.80. The number of nitrogens with zero attached hydrogens (tertiary/aromatic N) is 3. The molecule has 31 heavy (non-hydrogen) atoms. The van der Waals surface area contributed by atoms with Crippen molar-refractivity contribution >= 4 is 33.9 Å². The molecule has 0 saturated heterocycles. The molecule has 0 saturated carbocycles. The van der Waals surface area contributed by atoms with Gasteiger partial charge in [-0.05, 0) is 66.9 Å². The number of anilines is 2. The highest BCUT2D eigenvalue weighted by atomic mass is 35.5. The molecule has 0 aliphatic carbocycles. The zero-order chi connectivity index (χ0) is 21.8. The second kappa shape index (κ2) is 9.03. The van der Waals surface area contributed by atoms with Crippen LogP contribution in [0.2, 0.25) is 5.02 Å². The van der Waals surface area contributed by atoms with Crippen molar-refractivity contribution in [3.05, 3.63) is 88.3 Å². The van der Waals surface area contributed by atoms with E-state index in [1.54, 1.807) is 18.5 Å². The van der Waals surface area contributed by atoms with Crippen LogP contribution in [0.4, 0.5) is 11.4 Å². The first-order chi connectivity index (χ1) is 15.1. The van der Waals surface area contributed by atoms with E-state index in [0.717, 1.165) is 34.4 Å². The Balaban J connectivity index is 1.64. The zero-order valence-corrected chi connectivity index (χ0v) is 18.1. The van der Waals surface area contributed by atoms with Crippen molar-refractivity contribution in [1.29, 1.82) is 5.26 Å². The Kier molecular flexibility index (Phi) is 6.01. The van der Waals surface area contributed by atoms with E-state index >= 15 is 0 Å². The fourth-order valence-electron chi connectivity index (χ4n) is 3.46. The van der Waals surface area contributed by atoms with Crippen LogP contribution in [0.1, 0.15) is 29.3 Å². The van der Waals surface area contributed by atoms with Crippen molar-refractivity contribution in [2.24, 2.45) is 0 Å². The Hall–Kier alpha value is -3.62. The molecule has 2 heterocycles. The van der Waals surface area contributed by atoms with Crippen molar-refractivity contribution in [3.63, 3.8) is 0 Å². The van der Waals surface area contributed by atoms with Crippen LogP contribution in [-0.4, -0.2) is 9.97 Å². The number of nitriles is 1. The maximum atomic E-state index is 9.63. The van der Waals surface area contributed by atoms with E-state index < -0.39 is 0 Å². The molecule has 5 nitrogen and oxygen atoms in total. The van der Waals surface area contributed by atoms with Gasteiger partial charge in [0.25, 0.3) is 0 Å². The lowest BCUT2D eigenvalue weighted by molar-refractivity contribution is 0.301. The topological polar surface area (TPSA) is 70.8 Å². The first-order valence-electron chi connectivity index (χ1n) is 10.0. The van der Waals surface area contributed by atoms with E-state index in [-0.39, 0.29) is 0 Å². The van der Waals surface area contributed by atoms with Crippen molar-refractivity contribution in [3.8, 4) is 11.8 Å². The normalized spacial score (nSPS) is 10.6. The lowest BCUT2D eigenvalue weighted by Crippen LogP contribution is -2.00. The van der Waals surface area contributed by atoms with Crippen LogP contribution in [0.3, 0.4) is 0 Å². The van der Waals surface area contributed by atoms with Crippen molar-refractivity contribution in [2.45, 2.75) is 26.9 Å². The fourth-order valence-corrected chi connectivity index (χ4v) is 3.70. The Bertz CT molecular complexity index is 1280. The average Bonchev–Trinajstić information content (AvgIpc) is 2.79. The van der Waals surface area contributed by atoms with Gasteiger partial charge in [0.2, 0.25) is 0 Å². The quantitative estimate of drug-likeness (QED) is 0.387. The minimum Gasteiger partial charge on any atom is -0.486 e. The largest absolute Gasteiger partial charge is 0.486 e. The summed E-state index contributed by atoms with van der Waals surface area (Å²) in [6.45, 7) is 4.53. The van der Waals surface area contributed by atoms with E-state index in [0.29, 0.717) is 22.9 Å². The van der Waals surface area contributed by atoms with E-state index in [1.165, 1.54) is 11.1 Å². The van der Waals surface area contributed by atoms with Crippen molar-refractivity contribution in [2.75, 3.05) is 5.32 Å². The summed E-state index contributed by atoms with van der Waals surface area (Å²) in [5.74, 6) is 0.571. The highest BCUT2D eigenvalue weighted by Crippen LogP contribution is 2.34. The number of aromatic nitrogens is 2. The highest BCUT2D eigenvalue weighted by molar-refractivity contribution is 6.32. The highest BCUT2D eigenvalue weighted by Gasteiger charge is 2.13. The van der Waals surface area contributed by atoms with Crippen molar-refractivity contribution in [1.82, 2.24) is 9.97 Å². The summed E-state index contributed by atoms with van der Waals surface area (Å²) in [7, 11) is 0. The van der Waals surface area contributed by atoms with Crippen LogP contribution in [0.25, 0.3) is 10.9 Å². The van der Waals surface area contributed by atoms with Crippen LogP contribution in [0, 0.1) is 18.3 Å². The third kappa shape index (κ3) is 4.45. The molecule has 1 N–H and O–H groups in total. The molecule has 0 aliphatic rings.